The van der Waals surface area contributed by atoms with E-state index in [2.05, 4.69) is 5.32 Å². The Morgan fingerprint density at radius 3 is 2.63 bits per heavy atom. The second-order valence-electron chi connectivity index (χ2n) is 5.17. The lowest BCUT2D eigenvalue weighted by Gasteiger charge is -2.33. The summed E-state index contributed by atoms with van der Waals surface area (Å²) >= 11 is 5.65. The van der Waals surface area contributed by atoms with Gasteiger partial charge < -0.3 is 0 Å². The molecule has 19 heavy (non-hydrogen) atoms. The van der Waals surface area contributed by atoms with Gasteiger partial charge in [0.25, 0.3) is 0 Å². The van der Waals surface area contributed by atoms with Gasteiger partial charge in [0.2, 0.25) is 11.8 Å². The molecule has 102 valence electrons. The van der Waals surface area contributed by atoms with E-state index in [-0.39, 0.29) is 41.0 Å². The second kappa shape index (κ2) is 5.29. The van der Waals surface area contributed by atoms with Gasteiger partial charge in [-0.05, 0) is 23.6 Å². The van der Waals surface area contributed by atoms with Gasteiger partial charge in [0.05, 0.1) is 5.02 Å². The average molecular weight is 284 g/mol. The van der Waals surface area contributed by atoms with Gasteiger partial charge in [-0.15, -0.1) is 0 Å². The highest BCUT2D eigenvalue weighted by Gasteiger charge is 2.38. The van der Waals surface area contributed by atoms with Crippen LogP contribution in [0.5, 0.6) is 0 Å². The van der Waals surface area contributed by atoms with Crippen molar-refractivity contribution in [3.8, 4) is 0 Å². The van der Waals surface area contributed by atoms with Crippen molar-refractivity contribution >= 4 is 23.4 Å². The predicted octanol–water partition coefficient (Wildman–Crippen LogP) is 2.88. The Hall–Kier alpha value is -1.42. The number of hydrogen-bond acceptors (Lipinski definition) is 2. The largest absolute Gasteiger partial charge is 0.296 e. The first kappa shape index (κ1) is 14.0. The van der Waals surface area contributed by atoms with Gasteiger partial charge in [0.1, 0.15) is 5.82 Å². The molecule has 1 fully saturated rings. The second-order valence-corrected chi connectivity index (χ2v) is 5.57. The molecule has 0 saturated carbocycles. The molecule has 0 aromatic heterocycles. The molecule has 1 aliphatic rings. The van der Waals surface area contributed by atoms with Crippen molar-refractivity contribution in [3.63, 3.8) is 0 Å². The molecule has 5 heteroatoms. The maximum Gasteiger partial charge on any atom is 0.230 e. The van der Waals surface area contributed by atoms with Crippen LogP contribution in [0.15, 0.2) is 18.2 Å². The number of rotatable bonds is 2. The molecule has 1 aromatic rings. The van der Waals surface area contributed by atoms with Crippen molar-refractivity contribution in [1.29, 1.82) is 0 Å². The topological polar surface area (TPSA) is 46.2 Å². The van der Waals surface area contributed by atoms with Crippen LogP contribution in [-0.2, 0) is 9.59 Å². The summed E-state index contributed by atoms with van der Waals surface area (Å²) in [5, 5.41) is 2.38. The van der Waals surface area contributed by atoms with E-state index in [4.69, 9.17) is 11.6 Å². The molecule has 2 amide bonds. The fourth-order valence-corrected chi connectivity index (χ4v) is 2.73. The van der Waals surface area contributed by atoms with Crippen molar-refractivity contribution in [1.82, 2.24) is 5.32 Å². The highest BCUT2D eigenvalue weighted by atomic mass is 35.5. The number of imide groups is 1. The maximum atomic E-state index is 13.5. The van der Waals surface area contributed by atoms with E-state index in [1.54, 1.807) is 6.07 Å². The van der Waals surface area contributed by atoms with Crippen LogP contribution in [0.25, 0.3) is 0 Å². The van der Waals surface area contributed by atoms with E-state index in [0.29, 0.717) is 5.56 Å². The summed E-state index contributed by atoms with van der Waals surface area (Å²) in [5.74, 6) is -1.70. The van der Waals surface area contributed by atoms with Gasteiger partial charge in [-0.1, -0.05) is 31.5 Å². The van der Waals surface area contributed by atoms with E-state index in [1.165, 1.54) is 12.1 Å². The van der Waals surface area contributed by atoms with Crippen molar-refractivity contribution in [2.24, 2.45) is 11.8 Å². The van der Waals surface area contributed by atoms with Crippen molar-refractivity contribution in [2.45, 2.75) is 26.2 Å². The van der Waals surface area contributed by atoms with Crippen LogP contribution < -0.4 is 5.32 Å². The maximum absolute atomic E-state index is 13.5. The third-order valence-corrected chi connectivity index (χ3v) is 3.80. The van der Waals surface area contributed by atoms with E-state index < -0.39 is 5.82 Å². The normalized spacial score (nSPS) is 23.6. The zero-order chi connectivity index (χ0) is 14.2. The molecule has 1 aliphatic heterocycles. The molecule has 2 unspecified atom stereocenters. The SMILES string of the molecule is CC(C)C1C(=O)NC(=O)CC1c1ccc(Cl)c(F)c1. The molecular weight excluding hydrogens is 269 g/mol. The van der Waals surface area contributed by atoms with Crippen molar-refractivity contribution < 1.29 is 14.0 Å². The summed E-state index contributed by atoms with van der Waals surface area (Å²) in [6, 6.07) is 4.45. The fourth-order valence-electron chi connectivity index (χ4n) is 2.62. The monoisotopic (exact) mass is 283 g/mol. The lowest BCUT2D eigenvalue weighted by atomic mass is 9.75. The Kier molecular flexibility index (Phi) is 3.90. The molecule has 0 aliphatic carbocycles. The number of benzene rings is 1. The summed E-state index contributed by atoms with van der Waals surface area (Å²) in [6.07, 6.45) is 0.190. The molecule has 2 rings (SSSR count). The van der Waals surface area contributed by atoms with Gasteiger partial charge in [-0.2, -0.15) is 0 Å². The van der Waals surface area contributed by atoms with Crippen LogP contribution in [0.4, 0.5) is 4.39 Å². The molecular formula is C14H15ClFNO2. The number of hydrogen-bond donors (Lipinski definition) is 1. The minimum atomic E-state index is -0.528. The quantitative estimate of drug-likeness (QED) is 0.849. The van der Waals surface area contributed by atoms with Gasteiger partial charge >= 0.3 is 0 Å². The summed E-state index contributed by atoms with van der Waals surface area (Å²) in [5.41, 5.74) is 0.642. The number of carbonyl (C=O) groups excluding carboxylic acids is 2. The fraction of sp³-hybridized carbons (Fsp3) is 0.429. The first-order chi connectivity index (χ1) is 8.90. The van der Waals surface area contributed by atoms with Crippen LogP contribution >= 0.6 is 11.6 Å². The molecule has 0 spiro atoms. The third kappa shape index (κ3) is 2.78. The molecule has 2 atom stereocenters. The van der Waals surface area contributed by atoms with Gasteiger partial charge in [-0.3, -0.25) is 14.9 Å². The first-order valence-corrected chi connectivity index (χ1v) is 6.56. The highest BCUT2D eigenvalue weighted by Crippen LogP contribution is 2.36. The van der Waals surface area contributed by atoms with Crippen LogP contribution in [0.1, 0.15) is 31.7 Å². The summed E-state index contributed by atoms with van der Waals surface area (Å²) in [4.78, 5) is 23.5. The molecule has 3 nitrogen and oxygen atoms in total. The molecule has 1 saturated heterocycles. The Balaban J connectivity index is 2.40. The number of piperidine rings is 1. The Bertz CT molecular complexity index is 530. The van der Waals surface area contributed by atoms with Gasteiger partial charge in [0.15, 0.2) is 0 Å². The average Bonchev–Trinajstić information content (AvgIpc) is 2.31. The smallest absolute Gasteiger partial charge is 0.230 e. The van der Waals surface area contributed by atoms with Crippen LogP contribution in [0.2, 0.25) is 5.02 Å². The minimum Gasteiger partial charge on any atom is -0.296 e. The van der Waals surface area contributed by atoms with Gasteiger partial charge in [-0.25, -0.2) is 4.39 Å². The van der Waals surface area contributed by atoms with Crippen LogP contribution in [-0.4, -0.2) is 11.8 Å². The third-order valence-electron chi connectivity index (χ3n) is 3.49. The number of nitrogens with one attached hydrogen (secondary N) is 1. The number of halogens is 2. The highest BCUT2D eigenvalue weighted by molar-refractivity contribution is 6.30. The lowest BCUT2D eigenvalue weighted by Crippen LogP contribution is -2.46. The molecule has 0 radical (unpaired) electrons. The lowest BCUT2D eigenvalue weighted by molar-refractivity contribution is -0.138. The van der Waals surface area contributed by atoms with Crippen LogP contribution in [0, 0.1) is 17.7 Å². The Labute approximate surface area is 116 Å². The summed E-state index contributed by atoms with van der Waals surface area (Å²) in [6.45, 7) is 3.83. The minimum absolute atomic E-state index is 0.0384. The van der Waals surface area contributed by atoms with Crippen molar-refractivity contribution in [2.75, 3.05) is 0 Å². The Morgan fingerprint density at radius 2 is 2.05 bits per heavy atom. The zero-order valence-corrected chi connectivity index (χ0v) is 11.5. The number of carbonyl (C=O) groups is 2. The van der Waals surface area contributed by atoms with E-state index in [1.807, 2.05) is 13.8 Å². The van der Waals surface area contributed by atoms with Crippen LogP contribution in [0.3, 0.4) is 0 Å². The summed E-state index contributed by atoms with van der Waals surface area (Å²) in [7, 11) is 0. The van der Waals surface area contributed by atoms with E-state index in [9.17, 15) is 14.0 Å². The molecule has 1 heterocycles. The first-order valence-electron chi connectivity index (χ1n) is 6.18. The molecule has 0 bridgehead atoms. The van der Waals surface area contributed by atoms with Gasteiger partial charge in [0, 0.05) is 18.3 Å². The molecule has 1 N–H and O–H groups in total. The predicted molar refractivity (Wildman–Crippen MR) is 70.2 cm³/mol. The van der Waals surface area contributed by atoms with Crippen molar-refractivity contribution in [3.05, 3.63) is 34.6 Å². The standard InChI is InChI=1S/C14H15ClFNO2/c1-7(2)13-9(6-12(18)17-14(13)19)8-3-4-10(15)11(16)5-8/h3-5,7,9,13H,6H2,1-2H3,(H,17,18,19). The molecule has 1 aromatic carbocycles. The Morgan fingerprint density at radius 1 is 1.37 bits per heavy atom. The number of amides is 2. The van der Waals surface area contributed by atoms with E-state index >= 15 is 0 Å². The summed E-state index contributed by atoms with van der Waals surface area (Å²) < 4.78 is 13.5. The zero-order valence-electron chi connectivity index (χ0n) is 10.7. The van der Waals surface area contributed by atoms with E-state index in [0.717, 1.165) is 0 Å².